The summed E-state index contributed by atoms with van der Waals surface area (Å²) >= 11 is 17.9. The highest BCUT2D eigenvalue weighted by atomic mass is 35.5. The van der Waals surface area contributed by atoms with Crippen molar-refractivity contribution in [2.24, 2.45) is 0 Å². The molecule has 4 nitrogen and oxygen atoms in total. The number of sulfonamides is 1. The summed E-state index contributed by atoms with van der Waals surface area (Å²) < 4.78 is 26.8. The van der Waals surface area contributed by atoms with Crippen molar-refractivity contribution in [2.75, 3.05) is 20.1 Å². The summed E-state index contributed by atoms with van der Waals surface area (Å²) in [5.74, 6) is 0. The molecule has 1 aliphatic rings. The zero-order chi connectivity index (χ0) is 14.9. The van der Waals surface area contributed by atoms with E-state index in [0.29, 0.717) is 18.1 Å². The van der Waals surface area contributed by atoms with Gasteiger partial charge in [0.25, 0.3) is 0 Å². The van der Waals surface area contributed by atoms with E-state index in [-0.39, 0.29) is 21.0 Å². The minimum absolute atomic E-state index is 0.0501. The van der Waals surface area contributed by atoms with Crippen LogP contribution in [0.1, 0.15) is 12.8 Å². The third-order valence-electron chi connectivity index (χ3n) is 3.35. The van der Waals surface area contributed by atoms with Gasteiger partial charge in [-0.1, -0.05) is 34.8 Å². The van der Waals surface area contributed by atoms with Crippen LogP contribution in [0.5, 0.6) is 0 Å². The first-order valence-corrected chi connectivity index (χ1v) is 8.75. The summed E-state index contributed by atoms with van der Waals surface area (Å²) in [7, 11) is -1.89. The molecule has 0 aliphatic carbocycles. The number of rotatable bonds is 3. The summed E-state index contributed by atoms with van der Waals surface area (Å²) in [4.78, 5) is -0.0676. The van der Waals surface area contributed by atoms with Crippen molar-refractivity contribution in [2.45, 2.75) is 23.8 Å². The summed E-state index contributed by atoms with van der Waals surface area (Å²) in [6.45, 7) is 0.879. The SMILES string of the molecule is CNC1CCCN(S(=O)(=O)c2c(Cl)cc(Cl)cc2Cl)C1. The molecule has 1 saturated heterocycles. The Labute approximate surface area is 134 Å². The van der Waals surface area contributed by atoms with Crippen LogP contribution in [0.4, 0.5) is 0 Å². The lowest BCUT2D eigenvalue weighted by Crippen LogP contribution is -2.46. The average Bonchev–Trinajstić information content (AvgIpc) is 2.37. The lowest BCUT2D eigenvalue weighted by Gasteiger charge is -2.32. The molecule has 1 aliphatic heterocycles. The Morgan fingerprint density at radius 2 is 1.85 bits per heavy atom. The molecule has 2 rings (SSSR count). The monoisotopic (exact) mass is 356 g/mol. The van der Waals surface area contributed by atoms with Crippen molar-refractivity contribution >= 4 is 44.8 Å². The van der Waals surface area contributed by atoms with E-state index >= 15 is 0 Å². The molecule has 1 fully saturated rings. The van der Waals surface area contributed by atoms with Crippen LogP contribution in [0, 0.1) is 0 Å². The maximum Gasteiger partial charge on any atom is 0.246 e. The van der Waals surface area contributed by atoms with Gasteiger partial charge in [0.1, 0.15) is 4.90 Å². The first-order valence-electron chi connectivity index (χ1n) is 6.18. The van der Waals surface area contributed by atoms with Gasteiger partial charge in [-0.2, -0.15) is 4.31 Å². The highest BCUT2D eigenvalue weighted by Crippen LogP contribution is 2.35. The molecule has 0 bridgehead atoms. The van der Waals surface area contributed by atoms with Gasteiger partial charge in [-0.15, -0.1) is 0 Å². The molecule has 1 N–H and O–H groups in total. The fraction of sp³-hybridized carbons (Fsp3) is 0.500. The molecule has 1 aromatic rings. The Kier molecular flexibility index (Phi) is 5.21. The van der Waals surface area contributed by atoms with Crippen LogP contribution in [0.3, 0.4) is 0 Å². The zero-order valence-electron chi connectivity index (χ0n) is 10.9. The molecule has 0 aromatic heterocycles. The van der Waals surface area contributed by atoms with Gasteiger partial charge >= 0.3 is 0 Å². The van der Waals surface area contributed by atoms with Crippen LogP contribution in [0.25, 0.3) is 0 Å². The smallest absolute Gasteiger partial charge is 0.246 e. The number of likely N-dealkylation sites (N-methyl/N-ethyl adjacent to an activating group) is 1. The number of nitrogens with one attached hydrogen (secondary N) is 1. The van der Waals surface area contributed by atoms with Crippen LogP contribution in [0.15, 0.2) is 17.0 Å². The van der Waals surface area contributed by atoms with Crippen molar-refractivity contribution in [3.63, 3.8) is 0 Å². The molecule has 1 atom stereocenters. The molecule has 0 spiro atoms. The molecule has 0 radical (unpaired) electrons. The number of piperidine rings is 1. The van der Waals surface area contributed by atoms with Crippen LogP contribution in [0.2, 0.25) is 15.1 Å². The van der Waals surface area contributed by atoms with Crippen LogP contribution in [-0.4, -0.2) is 38.9 Å². The maximum atomic E-state index is 12.7. The Balaban J connectivity index is 2.40. The summed E-state index contributed by atoms with van der Waals surface area (Å²) in [6, 6.07) is 2.92. The minimum atomic E-state index is -3.71. The second kappa shape index (κ2) is 6.38. The highest BCUT2D eigenvalue weighted by Gasteiger charge is 2.33. The van der Waals surface area contributed by atoms with Crippen LogP contribution >= 0.6 is 34.8 Å². The van der Waals surface area contributed by atoms with E-state index in [1.165, 1.54) is 16.4 Å². The third-order valence-corrected chi connectivity index (χ3v) is 6.36. The molecule has 1 unspecified atom stereocenters. The fourth-order valence-corrected chi connectivity index (χ4v) is 5.32. The van der Waals surface area contributed by atoms with Crippen molar-refractivity contribution in [1.82, 2.24) is 9.62 Å². The number of hydrogen-bond donors (Lipinski definition) is 1. The molecule has 112 valence electrons. The van der Waals surface area contributed by atoms with Crippen molar-refractivity contribution in [3.05, 3.63) is 27.2 Å². The van der Waals surface area contributed by atoms with E-state index in [0.717, 1.165) is 12.8 Å². The first kappa shape index (κ1) is 16.3. The van der Waals surface area contributed by atoms with Crippen LogP contribution in [-0.2, 0) is 10.0 Å². The molecular weight excluding hydrogens is 343 g/mol. The summed E-state index contributed by atoms with van der Waals surface area (Å²) in [5.41, 5.74) is 0. The summed E-state index contributed by atoms with van der Waals surface area (Å²) in [6.07, 6.45) is 1.75. The van der Waals surface area contributed by atoms with E-state index in [2.05, 4.69) is 5.32 Å². The largest absolute Gasteiger partial charge is 0.316 e. The van der Waals surface area contributed by atoms with E-state index in [1.54, 1.807) is 0 Å². The molecule has 0 saturated carbocycles. The van der Waals surface area contributed by atoms with Gasteiger partial charge in [-0.05, 0) is 32.0 Å². The van der Waals surface area contributed by atoms with Gasteiger partial charge in [0.2, 0.25) is 10.0 Å². The molecule has 20 heavy (non-hydrogen) atoms. The Bertz CT molecular complexity index is 584. The van der Waals surface area contributed by atoms with Crippen molar-refractivity contribution in [1.29, 1.82) is 0 Å². The normalized spacial score (nSPS) is 21.1. The molecule has 1 heterocycles. The quantitative estimate of drug-likeness (QED) is 0.904. The first-order chi connectivity index (χ1) is 9.36. The highest BCUT2D eigenvalue weighted by molar-refractivity contribution is 7.89. The number of hydrogen-bond acceptors (Lipinski definition) is 3. The van der Waals surface area contributed by atoms with Gasteiger partial charge in [-0.3, -0.25) is 0 Å². The lowest BCUT2D eigenvalue weighted by molar-refractivity contribution is 0.293. The predicted molar refractivity (Wildman–Crippen MR) is 82.3 cm³/mol. The predicted octanol–water partition coefficient (Wildman–Crippen LogP) is 3.02. The second-order valence-corrected chi connectivity index (χ2v) is 7.82. The topological polar surface area (TPSA) is 49.4 Å². The van der Waals surface area contributed by atoms with Gasteiger partial charge in [0.15, 0.2) is 0 Å². The van der Waals surface area contributed by atoms with Gasteiger partial charge in [0, 0.05) is 24.2 Å². The number of halogens is 3. The third kappa shape index (κ3) is 3.24. The molecular formula is C12H15Cl3N2O2S. The fourth-order valence-electron chi connectivity index (χ4n) is 2.30. The number of benzene rings is 1. The van der Waals surface area contributed by atoms with Gasteiger partial charge in [0.05, 0.1) is 10.0 Å². The molecule has 0 amide bonds. The second-order valence-electron chi connectivity index (χ2n) is 4.69. The van der Waals surface area contributed by atoms with E-state index < -0.39 is 10.0 Å². The molecule has 1 aromatic carbocycles. The van der Waals surface area contributed by atoms with Gasteiger partial charge < -0.3 is 5.32 Å². The van der Waals surface area contributed by atoms with E-state index in [4.69, 9.17) is 34.8 Å². The van der Waals surface area contributed by atoms with Gasteiger partial charge in [-0.25, -0.2) is 8.42 Å². The van der Waals surface area contributed by atoms with Crippen molar-refractivity contribution < 1.29 is 8.42 Å². The Morgan fingerprint density at radius 3 is 2.40 bits per heavy atom. The zero-order valence-corrected chi connectivity index (χ0v) is 14.0. The Hall–Kier alpha value is -0.0400. The standard InChI is InChI=1S/C12H15Cl3N2O2S/c1-16-9-3-2-4-17(7-9)20(18,19)12-10(14)5-8(13)6-11(12)15/h5-6,9,16H,2-4,7H2,1H3. The maximum absolute atomic E-state index is 12.7. The van der Waals surface area contributed by atoms with E-state index in [1.807, 2.05) is 7.05 Å². The van der Waals surface area contributed by atoms with Crippen LogP contribution < -0.4 is 5.32 Å². The average molecular weight is 358 g/mol. The number of nitrogens with zero attached hydrogens (tertiary/aromatic N) is 1. The Morgan fingerprint density at radius 1 is 1.25 bits per heavy atom. The lowest BCUT2D eigenvalue weighted by atomic mass is 10.1. The minimum Gasteiger partial charge on any atom is -0.316 e. The summed E-state index contributed by atoms with van der Waals surface area (Å²) in [5, 5.41) is 3.51. The van der Waals surface area contributed by atoms with Crippen molar-refractivity contribution in [3.8, 4) is 0 Å². The van der Waals surface area contributed by atoms with E-state index in [9.17, 15) is 8.42 Å². The molecule has 8 heteroatoms.